The van der Waals surface area contributed by atoms with Crippen LogP contribution < -0.4 is 5.73 Å². The highest BCUT2D eigenvalue weighted by atomic mass is 32.2. The van der Waals surface area contributed by atoms with E-state index in [1.165, 1.54) is 0 Å². The van der Waals surface area contributed by atoms with Gasteiger partial charge in [0, 0.05) is 11.2 Å². The number of rotatable bonds is 1. The van der Waals surface area contributed by atoms with Crippen molar-refractivity contribution in [3.63, 3.8) is 0 Å². The topological polar surface area (TPSA) is 60.2 Å². The van der Waals surface area contributed by atoms with E-state index in [9.17, 15) is 8.42 Å². The fourth-order valence-corrected chi connectivity index (χ4v) is 6.20. The molecule has 0 aromatic carbocycles. The smallest absolute Gasteiger partial charge is 0.161 e. The summed E-state index contributed by atoms with van der Waals surface area (Å²) in [4.78, 5) is 0. The predicted molar refractivity (Wildman–Crippen MR) is 73.6 cm³/mol. The first-order chi connectivity index (χ1) is 7.75. The molecule has 17 heavy (non-hydrogen) atoms. The maximum absolute atomic E-state index is 12.6. The van der Waals surface area contributed by atoms with Gasteiger partial charge in [-0.15, -0.1) is 11.8 Å². The second-order valence-corrected chi connectivity index (χ2v) is 9.75. The number of hydrogen-bond acceptors (Lipinski definition) is 4. The average molecular weight is 273 g/mol. The first kappa shape index (κ1) is 13.2. The summed E-state index contributed by atoms with van der Waals surface area (Å²) >= 11 is 1.56. The lowest BCUT2D eigenvalue weighted by Gasteiger charge is -2.29. The molecule has 1 saturated heterocycles. The highest BCUT2D eigenvalue weighted by Crippen LogP contribution is 2.45. The van der Waals surface area contributed by atoms with Gasteiger partial charge in [0.15, 0.2) is 9.84 Å². The summed E-state index contributed by atoms with van der Waals surface area (Å²) in [5, 5.41) is -0.600. The molecule has 0 amide bonds. The number of fused-ring (bicyclic) bond motifs is 1. The van der Waals surface area contributed by atoms with Gasteiger partial charge < -0.3 is 5.73 Å². The number of nitrogens with two attached hydrogens (primary N) is 1. The average Bonchev–Trinajstić information content (AvgIpc) is 2.51. The molecule has 0 aromatic heterocycles. The van der Waals surface area contributed by atoms with Crippen LogP contribution in [0.1, 0.15) is 20.8 Å². The van der Waals surface area contributed by atoms with E-state index in [1.54, 1.807) is 32.5 Å². The molecule has 3 nitrogen and oxygen atoms in total. The zero-order valence-corrected chi connectivity index (χ0v) is 12.0. The molecule has 1 heterocycles. The van der Waals surface area contributed by atoms with Gasteiger partial charge in [-0.05, 0) is 20.8 Å². The number of sulfone groups is 1. The fraction of sp³-hybridized carbons (Fsp3) is 0.667. The monoisotopic (exact) mass is 273 g/mol. The van der Waals surface area contributed by atoms with Crippen molar-refractivity contribution in [1.82, 2.24) is 0 Å². The lowest BCUT2D eigenvalue weighted by molar-refractivity contribution is 0.517. The molecule has 96 valence electrons. The SMILES string of the molecule is CC(C)(C)S(=O)(=O)C1C(N)SC2C=CC=CC21. The number of allylic oxidation sites excluding steroid dienone is 3. The van der Waals surface area contributed by atoms with E-state index in [0.717, 1.165) is 0 Å². The van der Waals surface area contributed by atoms with Crippen molar-refractivity contribution in [2.24, 2.45) is 11.7 Å². The Hall–Kier alpha value is -0.260. The zero-order valence-electron chi connectivity index (χ0n) is 10.3. The first-order valence-electron chi connectivity index (χ1n) is 5.74. The summed E-state index contributed by atoms with van der Waals surface area (Å²) in [6, 6.07) is 0. The van der Waals surface area contributed by atoms with Crippen molar-refractivity contribution in [2.45, 2.75) is 41.4 Å². The minimum atomic E-state index is -3.23. The molecule has 2 rings (SSSR count). The second-order valence-electron chi connectivity index (χ2n) is 5.53. The van der Waals surface area contributed by atoms with Gasteiger partial charge in [-0.3, -0.25) is 0 Å². The molecule has 5 heteroatoms. The summed E-state index contributed by atoms with van der Waals surface area (Å²) < 4.78 is 24.4. The summed E-state index contributed by atoms with van der Waals surface area (Å²) in [5.74, 6) is 0.0178. The van der Waals surface area contributed by atoms with E-state index in [-0.39, 0.29) is 16.5 Å². The fourth-order valence-electron chi connectivity index (χ4n) is 2.31. The maximum Gasteiger partial charge on any atom is 0.161 e. The number of thioether (sulfide) groups is 1. The molecule has 0 spiro atoms. The van der Waals surface area contributed by atoms with Crippen molar-refractivity contribution < 1.29 is 8.42 Å². The highest BCUT2D eigenvalue weighted by Gasteiger charge is 2.51. The Balaban J connectivity index is 2.40. The lowest BCUT2D eigenvalue weighted by atomic mass is 9.97. The van der Waals surface area contributed by atoms with Crippen LogP contribution in [0.15, 0.2) is 24.3 Å². The minimum Gasteiger partial charge on any atom is -0.318 e. The summed E-state index contributed by atoms with van der Waals surface area (Å²) in [7, 11) is -3.23. The van der Waals surface area contributed by atoms with Gasteiger partial charge in [0.2, 0.25) is 0 Å². The second kappa shape index (κ2) is 4.14. The molecule has 0 saturated carbocycles. The third-order valence-electron chi connectivity index (χ3n) is 3.35. The van der Waals surface area contributed by atoms with Gasteiger partial charge in [0.1, 0.15) is 0 Å². The van der Waals surface area contributed by atoms with Crippen LogP contribution >= 0.6 is 11.8 Å². The summed E-state index contributed by atoms with van der Waals surface area (Å²) in [6.07, 6.45) is 7.92. The largest absolute Gasteiger partial charge is 0.318 e. The normalized spacial score (nSPS) is 37.2. The third kappa shape index (κ3) is 2.09. The Morgan fingerprint density at radius 3 is 2.35 bits per heavy atom. The van der Waals surface area contributed by atoms with Crippen LogP contribution in [-0.4, -0.2) is 29.0 Å². The highest BCUT2D eigenvalue weighted by molar-refractivity contribution is 8.03. The summed E-state index contributed by atoms with van der Waals surface area (Å²) in [6.45, 7) is 5.24. The van der Waals surface area contributed by atoms with E-state index in [0.29, 0.717) is 0 Å². The Labute approximate surface area is 107 Å². The van der Waals surface area contributed by atoms with Crippen molar-refractivity contribution in [3.05, 3.63) is 24.3 Å². The van der Waals surface area contributed by atoms with Gasteiger partial charge in [-0.2, -0.15) is 0 Å². The van der Waals surface area contributed by atoms with Crippen LogP contribution in [0, 0.1) is 5.92 Å². The van der Waals surface area contributed by atoms with Gasteiger partial charge in [-0.25, -0.2) is 8.42 Å². The van der Waals surface area contributed by atoms with Crippen LogP contribution in [0.25, 0.3) is 0 Å². The summed E-state index contributed by atoms with van der Waals surface area (Å²) in [5.41, 5.74) is 6.04. The Bertz CT molecular complexity index is 459. The van der Waals surface area contributed by atoms with E-state index < -0.39 is 19.8 Å². The number of hydrogen-bond donors (Lipinski definition) is 1. The minimum absolute atomic E-state index is 0.0178. The standard InChI is InChI=1S/C12H19NO2S2/c1-12(2,3)17(14,15)10-8-6-4-5-7-9(8)16-11(10)13/h4-11H,13H2,1-3H3. The molecule has 1 aliphatic carbocycles. The molecule has 0 aromatic rings. The Kier molecular flexibility index (Phi) is 3.21. The van der Waals surface area contributed by atoms with Gasteiger partial charge in [-0.1, -0.05) is 24.3 Å². The molecule has 1 fully saturated rings. The van der Waals surface area contributed by atoms with E-state index >= 15 is 0 Å². The van der Waals surface area contributed by atoms with Crippen molar-refractivity contribution >= 4 is 21.6 Å². The van der Waals surface area contributed by atoms with Crippen molar-refractivity contribution in [1.29, 1.82) is 0 Å². The van der Waals surface area contributed by atoms with Crippen LogP contribution in [0.2, 0.25) is 0 Å². The van der Waals surface area contributed by atoms with E-state index in [4.69, 9.17) is 5.73 Å². The quantitative estimate of drug-likeness (QED) is 0.790. The molecular weight excluding hydrogens is 254 g/mol. The van der Waals surface area contributed by atoms with Gasteiger partial charge >= 0.3 is 0 Å². The molecule has 4 unspecified atom stereocenters. The molecular formula is C12H19NO2S2. The molecule has 2 N–H and O–H groups in total. The predicted octanol–water partition coefficient (Wildman–Crippen LogP) is 1.71. The third-order valence-corrected chi connectivity index (χ3v) is 7.95. The molecule has 4 atom stereocenters. The molecule has 2 aliphatic rings. The zero-order chi connectivity index (χ0) is 12.8. The van der Waals surface area contributed by atoms with Crippen LogP contribution in [-0.2, 0) is 9.84 Å². The van der Waals surface area contributed by atoms with Gasteiger partial charge in [0.05, 0.1) is 15.4 Å². The first-order valence-corrected chi connectivity index (χ1v) is 8.23. The molecule has 0 radical (unpaired) electrons. The van der Waals surface area contributed by atoms with Gasteiger partial charge in [0.25, 0.3) is 0 Å². The van der Waals surface area contributed by atoms with E-state index in [1.807, 2.05) is 24.3 Å². The van der Waals surface area contributed by atoms with Crippen molar-refractivity contribution in [3.8, 4) is 0 Å². The Morgan fingerprint density at radius 2 is 1.76 bits per heavy atom. The van der Waals surface area contributed by atoms with Crippen molar-refractivity contribution in [2.75, 3.05) is 0 Å². The lowest BCUT2D eigenvalue weighted by Crippen LogP contribution is -2.47. The van der Waals surface area contributed by atoms with Crippen LogP contribution in [0.3, 0.4) is 0 Å². The maximum atomic E-state index is 12.6. The van der Waals surface area contributed by atoms with E-state index in [2.05, 4.69) is 0 Å². The Morgan fingerprint density at radius 1 is 1.18 bits per heavy atom. The molecule has 0 bridgehead atoms. The molecule has 1 aliphatic heterocycles. The van der Waals surface area contributed by atoms with Crippen LogP contribution in [0.4, 0.5) is 0 Å². The van der Waals surface area contributed by atoms with Crippen LogP contribution in [0.5, 0.6) is 0 Å².